The summed E-state index contributed by atoms with van der Waals surface area (Å²) in [6.07, 6.45) is 0.775. The maximum atomic E-state index is 12.1. The summed E-state index contributed by atoms with van der Waals surface area (Å²) in [6.45, 7) is 1.19. The minimum absolute atomic E-state index is 0. The van der Waals surface area contributed by atoms with Gasteiger partial charge in [-0.2, -0.15) is 0 Å². The van der Waals surface area contributed by atoms with Gasteiger partial charge in [-0.25, -0.2) is 0 Å². The van der Waals surface area contributed by atoms with Crippen LogP contribution in [0.1, 0.15) is 21.6 Å². The molecule has 0 aliphatic carbocycles. The Kier molecular flexibility index (Phi) is 9.51. The van der Waals surface area contributed by atoms with Gasteiger partial charge in [-0.15, -0.1) is 24.0 Å². The number of amides is 1. The summed E-state index contributed by atoms with van der Waals surface area (Å²) in [6, 6.07) is 19.5. The molecule has 0 atom stereocenters. The second-order valence-corrected chi connectivity index (χ2v) is 7.05. The molecule has 0 unspecified atom stereocenters. The highest BCUT2D eigenvalue weighted by Gasteiger charge is 2.09. The highest BCUT2D eigenvalue weighted by molar-refractivity contribution is 14.0. The molecule has 3 rings (SSSR count). The first-order valence-corrected chi connectivity index (χ1v) is 9.83. The van der Waals surface area contributed by atoms with Crippen LogP contribution in [-0.2, 0) is 13.0 Å². The van der Waals surface area contributed by atoms with Gasteiger partial charge in [0.15, 0.2) is 11.7 Å². The smallest absolute Gasteiger partial charge is 0.253 e. The monoisotopic (exact) mass is 533 g/mol. The third-order valence-corrected chi connectivity index (χ3v) is 4.56. The zero-order chi connectivity index (χ0) is 21.3. The average Bonchev–Trinajstić information content (AvgIpc) is 3.25. The predicted octanol–water partition coefficient (Wildman–Crippen LogP) is 3.57. The lowest BCUT2D eigenvalue weighted by atomic mass is 10.1. The van der Waals surface area contributed by atoms with Gasteiger partial charge in [-0.1, -0.05) is 47.6 Å². The number of nitrogens with one attached hydrogen (secondary N) is 2. The maximum Gasteiger partial charge on any atom is 0.253 e. The molecule has 1 aromatic heterocycles. The quantitative estimate of drug-likeness (QED) is 0.276. The SMILES string of the molecule is CN=C(NCCc1cccc(C(=O)N(C)C)c1)NCc1cc(-c2ccccc2)on1.I. The van der Waals surface area contributed by atoms with Crippen molar-refractivity contribution in [3.63, 3.8) is 0 Å². The highest BCUT2D eigenvalue weighted by atomic mass is 127. The van der Waals surface area contributed by atoms with Crippen molar-refractivity contribution in [3.05, 3.63) is 77.5 Å². The van der Waals surface area contributed by atoms with Crippen LogP contribution in [-0.4, -0.2) is 49.6 Å². The lowest BCUT2D eigenvalue weighted by molar-refractivity contribution is 0.0827. The molecule has 0 saturated heterocycles. The van der Waals surface area contributed by atoms with Gasteiger partial charge in [0.25, 0.3) is 5.91 Å². The Balaban J connectivity index is 0.00000341. The van der Waals surface area contributed by atoms with Crippen molar-refractivity contribution in [2.45, 2.75) is 13.0 Å². The van der Waals surface area contributed by atoms with Crippen LogP contribution in [0.5, 0.6) is 0 Å². The molecule has 2 N–H and O–H groups in total. The van der Waals surface area contributed by atoms with Gasteiger partial charge in [0.1, 0.15) is 5.69 Å². The molecule has 2 aromatic carbocycles. The van der Waals surface area contributed by atoms with Gasteiger partial charge < -0.3 is 20.1 Å². The van der Waals surface area contributed by atoms with Gasteiger partial charge in [0, 0.05) is 44.9 Å². The minimum atomic E-state index is 0. The molecule has 0 fully saturated rings. The van der Waals surface area contributed by atoms with E-state index in [1.54, 1.807) is 26.0 Å². The van der Waals surface area contributed by atoms with Gasteiger partial charge in [-0.3, -0.25) is 9.79 Å². The van der Waals surface area contributed by atoms with Crippen molar-refractivity contribution in [1.82, 2.24) is 20.7 Å². The minimum Gasteiger partial charge on any atom is -0.356 e. The number of rotatable bonds is 7. The number of carbonyl (C=O) groups is 1. The summed E-state index contributed by atoms with van der Waals surface area (Å²) in [4.78, 5) is 17.9. The summed E-state index contributed by atoms with van der Waals surface area (Å²) in [5.41, 5.74) is 3.58. The summed E-state index contributed by atoms with van der Waals surface area (Å²) in [7, 11) is 5.23. The van der Waals surface area contributed by atoms with Crippen LogP contribution in [0, 0.1) is 0 Å². The second kappa shape index (κ2) is 12.1. The van der Waals surface area contributed by atoms with Crippen molar-refractivity contribution in [3.8, 4) is 11.3 Å². The van der Waals surface area contributed by atoms with Crippen LogP contribution >= 0.6 is 24.0 Å². The van der Waals surface area contributed by atoms with E-state index in [0.29, 0.717) is 24.6 Å². The third-order valence-electron chi connectivity index (χ3n) is 4.56. The average molecular weight is 533 g/mol. The van der Waals surface area contributed by atoms with E-state index in [9.17, 15) is 4.79 Å². The molecule has 0 saturated carbocycles. The van der Waals surface area contributed by atoms with Crippen LogP contribution in [0.3, 0.4) is 0 Å². The number of aliphatic imine (C=N–C) groups is 1. The largest absolute Gasteiger partial charge is 0.356 e. The molecule has 7 nitrogen and oxygen atoms in total. The van der Waals surface area contributed by atoms with Crippen molar-refractivity contribution in [2.75, 3.05) is 27.7 Å². The Morgan fingerprint density at radius 3 is 2.55 bits per heavy atom. The van der Waals surface area contributed by atoms with Crippen LogP contribution in [0.2, 0.25) is 0 Å². The molecule has 0 spiro atoms. The molecule has 1 heterocycles. The van der Waals surface area contributed by atoms with E-state index >= 15 is 0 Å². The first-order chi connectivity index (χ1) is 14.6. The van der Waals surface area contributed by atoms with Crippen LogP contribution < -0.4 is 10.6 Å². The van der Waals surface area contributed by atoms with Crippen LogP contribution in [0.4, 0.5) is 0 Å². The second-order valence-electron chi connectivity index (χ2n) is 7.05. The van der Waals surface area contributed by atoms with Gasteiger partial charge >= 0.3 is 0 Å². The van der Waals surface area contributed by atoms with Crippen molar-refractivity contribution < 1.29 is 9.32 Å². The molecule has 0 aliphatic rings. The molecule has 1 amide bonds. The number of hydrogen-bond acceptors (Lipinski definition) is 4. The van der Waals surface area contributed by atoms with E-state index in [2.05, 4.69) is 20.8 Å². The Bertz CT molecular complexity index is 1000. The first kappa shape index (κ1) is 24.4. The zero-order valence-electron chi connectivity index (χ0n) is 18.0. The predicted molar refractivity (Wildman–Crippen MR) is 134 cm³/mol. The van der Waals surface area contributed by atoms with Gasteiger partial charge in [0.05, 0.1) is 6.54 Å². The molecule has 31 heavy (non-hydrogen) atoms. The Morgan fingerprint density at radius 2 is 1.84 bits per heavy atom. The van der Waals surface area contributed by atoms with E-state index in [1.807, 2.05) is 60.7 Å². The molecule has 0 radical (unpaired) electrons. The molecule has 0 bridgehead atoms. The normalized spacial score (nSPS) is 10.9. The lowest BCUT2D eigenvalue weighted by Gasteiger charge is -2.12. The van der Waals surface area contributed by atoms with Crippen molar-refractivity contribution in [1.29, 1.82) is 0 Å². The van der Waals surface area contributed by atoms with E-state index in [4.69, 9.17) is 4.52 Å². The van der Waals surface area contributed by atoms with E-state index in [0.717, 1.165) is 29.0 Å². The maximum absolute atomic E-state index is 12.1. The zero-order valence-corrected chi connectivity index (χ0v) is 20.3. The van der Waals surface area contributed by atoms with Gasteiger partial charge in [0.2, 0.25) is 0 Å². The van der Waals surface area contributed by atoms with E-state index < -0.39 is 0 Å². The molecule has 8 heteroatoms. The molecule has 3 aromatic rings. The molecular weight excluding hydrogens is 505 g/mol. The standard InChI is InChI=1S/C23H27N5O2.HI/c1-24-23(25-13-12-17-8-7-11-19(14-17)22(29)28(2)3)26-16-20-15-21(30-27-20)18-9-5-4-6-10-18;/h4-11,14-15H,12-13,16H2,1-3H3,(H2,24,25,26);1H. The van der Waals surface area contributed by atoms with E-state index in [1.165, 1.54) is 0 Å². The number of guanidine groups is 1. The molecule has 0 aliphatic heterocycles. The summed E-state index contributed by atoms with van der Waals surface area (Å²) < 4.78 is 5.42. The summed E-state index contributed by atoms with van der Waals surface area (Å²) in [5.74, 6) is 1.42. The first-order valence-electron chi connectivity index (χ1n) is 9.83. The Morgan fingerprint density at radius 1 is 1.06 bits per heavy atom. The summed E-state index contributed by atoms with van der Waals surface area (Å²) >= 11 is 0. The van der Waals surface area contributed by atoms with Crippen molar-refractivity contribution in [2.24, 2.45) is 4.99 Å². The number of nitrogens with zero attached hydrogens (tertiary/aromatic N) is 3. The highest BCUT2D eigenvalue weighted by Crippen LogP contribution is 2.19. The number of aromatic nitrogens is 1. The van der Waals surface area contributed by atoms with Crippen LogP contribution in [0.15, 0.2) is 70.2 Å². The molecule has 164 valence electrons. The third kappa shape index (κ3) is 7.09. The van der Waals surface area contributed by atoms with Gasteiger partial charge in [-0.05, 0) is 24.1 Å². The summed E-state index contributed by atoms with van der Waals surface area (Å²) in [5, 5.41) is 10.6. The number of hydrogen-bond donors (Lipinski definition) is 2. The number of halogens is 1. The molecular formula is C23H28IN5O2. The lowest BCUT2D eigenvalue weighted by Crippen LogP contribution is -2.37. The fourth-order valence-electron chi connectivity index (χ4n) is 2.97. The number of benzene rings is 2. The van der Waals surface area contributed by atoms with Crippen LogP contribution in [0.25, 0.3) is 11.3 Å². The van der Waals surface area contributed by atoms with E-state index in [-0.39, 0.29) is 29.9 Å². The fraction of sp³-hybridized carbons (Fsp3) is 0.261. The van der Waals surface area contributed by atoms with Crippen molar-refractivity contribution >= 4 is 35.8 Å². The Labute approximate surface area is 199 Å². The topological polar surface area (TPSA) is 82.8 Å². The number of carbonyl (C=O) groups excluding carboxylic acids is 1. The fourth-order valence-corrected chi connectivity index (χ4v) is 2.97. The Hall–Kier alpha value is -2.88.